The Labute approximate surface area is 142 Å². The molecule has 4 unspecified atom stereocenters. The Morgan fingerprint density at radius 1 is 0.583 bits per heavy atom. The lowest BCUT2D eigenvalue weighted by Crippen LogP contribution is -2.29. The summed E-state index contributed by atoms with van der Waals surface area (Å²) in [5.41, 5.74) is 0. The van der Waals surface area contributed by atoms with E-state index in [1.54, 1.807) is 13.8 Å². The van der Waals surface area contributed by atoms with Gasteiger partial charge in [-0.05, 0) is 41.5 Å². The molecular weight excluding hydrogens is 320 g/mol. The third-order valence-corrected chi connectivity index (χ3v) is 3.10. The number of hydrogen-bond acceptors (Lipinski definition) is 8. The van der Waals surface area contributed by atoms with E-state index in [2.05, 4.69) is 0 Å². The fourth-order valence-corrected chi connectivity index (χ4v) is 0.899. The number of ketones is 2. The summed E-state index contributed by atoms with van der Waals surface area (Å²) in [5, 5.41) is 0. The van der Waals surface area contributed by atoms with Crippen molar-refractivity contribution in [2.24, 2.45) is 0 Å². The summed E-state index contributed by atoms with van der Waals surface area (Å²) >= 11 is 0. The Kier molecular flexibility index (Phi) is 12.8. The first-order valence-corrected chi connectivity index (χ1v) is 7.45. The molecule has 0 aliphatic heterocycles. The van der Waals surface area contributed by atoms with Crippen LogP contribution in [-0.2, 0) is 38.1 Å². The molecule has 0 saturated carbocycles. The normalized spacial score (nSPS) is 15.0. The number of esters is 2. The van der Waals surface area contributed by atoms with E-state index >= 15 is 0 Å². The molecule has 0 radical (unpaired) electrons. The first-order chi connectivity index (χ1) is 11.0. The zero-order valence-corrected chi connectivity index (χ0v) is 15.6. The average Bonchev–Trinajstić information content (AvgIpc) is 2.53. The molecule has 0 aliphatic carbocycles. The van der Waals surface area contributed by atoms with Crippen LogP contribution in [0.25, 0.3) is 0 Å². The van der Waals surface area contributed by atoms with Crippen LogP contribution in [0, 0.1) is 0 Å². The van der Waals surface area contributed by atoms with Crippen LogP contribution < -0.4 is 0 Å². The Hall–Kier alpha value is -1.80. The van der Waals surface area contributed by atoms with Crippen molar-refractivity contribution in [3.8, 4) is 0 Å². The van der Waals surface area contributed by atoms with E-state index in [-0.39, 0.29) is 11.6 Å². The number of carbonyl (C=O) groups is 4. The summed E-state index contributed by atoms with van der Waals surface area (Å²) < 4.78 is 18.9. The highest BCUT2D eigenvalue weighted by Gasteiger charge is 2.19. The molecule has 0 fully saturated rings. The molecular formula is C16H28O8. The van der Waals surface area contributed by atoms with Gasteiger partial charge in [-0.3, -0.25) is 9.59 Å². The second-order valence-electron chi connectivity index (χ2n) is 5.14. The largest absolute Gasteiger partial charge is 0.453 e. The van der Waals surface area contributed by atoms with E-state index in [0.717, 1.165) is 0 Å². The van der Waals surface area contributed by atoms with Crippen LogP contribution >= 0.6 is 0 Å². The zero-order valence-electron chi connectivity index (χ0n) is 15.6. The van der Waals surface area contributed by atoms with Crippen molar-refractivity contribution in [2.75, 3.05) is 14.2 Å². The second-order valence-corrected chi connectivity index (χ2v) is 5.14. The summed E-state index contributed by atoms with van der Waals surface area (Å²) in [6, 6.07) is 0. The van der Waals surface area contributed by atoms with E-state index in [4.69, 9.17) is 18.9 Å². The Balaban J connectivity index is 0. The van der Waals surface area contributed by atoms with Gasteiger partial charge in [0.15, 0.2) is 36.0 Å². The van der Waals surface area contributed by atoms with Gasteiger partial charge >= 0.3 is 11.9 Å². The van der Waals surface area contributed by atoms with Crippen molar-refractivity contribution in [3.05, 3.63) is 0 Å². The van der Waals surface area contributed by atoms with Gasteiger partial charge in [-0.2, -0.15) is 0 Å². The number of Topliss-reactive ketones (excluding diaryl/α,β-unsaturated/α-hetero) is 2. The Morgan fingerprint density at radius 3 is 1.00 bits per heavy atom. The minimum Gasteiger partial charge on any atom is -0.453 e. The molecule has 0 aliphatic rings. The van der Waals surface area contributed by atoms with Crippen LogP contribution in [0.5, 0.6) is 0 Å². The van der Waals surface area contributed by atoms with Crippen LogP contribution in [0.2, 0.25) is 0 Å². The molecule has 0 bridgehead atoms. The minimum absolute atomic E-state index is 0.174. The molecule has 0 amide bonds. The smallest absolute Gasteiger partial charge is 0.335 e. The lowest BCUT2D eigenvalue weighted by molar-refractivity contribution is -0.162. The maximum absolute atomic E-state index is 11.0. The predicted molar refractivity (Wildman–Crippen MR) is 85.4 cm³/mol. The Morgan fingerprint density at radius 2 is 0.833 bits per heavy atom. The van der Waals surface area contributed by atoms with E-state index < -0.39 is 36.4 Å². The van der Waals surface area contributed by atoms with Crippen molar-refractivity contribution in [1.82, 2.24) is 0 Å². The van der Waals surface area contributed by atoms with Crippen LogP contribution in [0.15, 0.2) is 0 Å². The number of ether oxygens (including phenoxy) is 4. The summed E-state index contributed by atoms with van der Waals surface area (Å²) in [4.78, 5) is 43.3. The average molecular weight is 348 g/mol. The number of hydrogen-bond donors (Lipinski definition) is 0. The highest BCUT2D eigenvalue weighted by Crippen LogP contribution is 1.99. The van der Waals surface area contributed by atoms with Gasteiger partial charge in [-0.15, -0.1) is 0 Å². The molecule has 24 heavy (non-hydrogen) atoms. The molecule has 0 N–H and O–H groups in total. The van der Waals surface area contributed by atoms with Gasteiger partial charge in [0.25, 0.3) is 0 Å². The zero-order chi connectivity index (χ0) is 19.4. The van der Waals surface area contributed by atoms with Crippen molar-refractivity contribution in [3.63, 3.8) is 0 Å². The number of carbonyl (C=O) groups excluding carboxylic acids is 4. The van der Waals surface area contributed by atoms with Crippen LogP contribution in [0.1, 0.15) is 41.5 Å². The third kappa shape index (κ3) is 10.8. The second kappa shape index (κ2) is 12.6. The molecule has 0 saturated heterocycles. The SMILES string of the molecule is COC(C)C(=O)OC(C)C(C)=O.COC(C)C(=O)OC(C)C(C)=O. The molecule has 0 aromatic carbocycles. The standard InChI is InChI=1S/2C8H14O4/c2*1-5(9)6(2)12-8(10)7(3)11-4/h2*6-7H,1-4H3. The van der Waals surface area contributed by atoms with Gasteiger partial charge in [0.05, 0.1) is 0 Å². The van der Waals surface area contributed by atoms with E-state index in [0.29, 0.717) is 0 Å². The van der Waals surface area contributed by atoms with Crippen molar-refractivity contribution in [2.45, 2.75) is 66.0 Å². The highest BCUT2D eigenvalue weighted by molar-refractivity contribution is 5.84. The van der Waals surface area contributed by atoms with Crippen molar-refractivity contribution in [1.29, 1.82) is 0 Å². The van der Waals surface area contributed by atoms with E-state index in [1.807, 2.05) is 0 Å². The van der Waals surface area contributed by atoms with Crippen molar-refractivity contribution >= 4 is 23.5 Å². The topological polar surface area (TPSA) is 105 Å². The number of methoxy groups -OCH3 is 2. The predicted octanol–water partition coefficient (Wildman–Crippen LogP) is 1.08. The summed E-state index contributed by atoms with van der Waals surface area (Å²) in [5.74, 6) is -1.38. The minimum atomic E-state index is -0.685. The molecule has 140 valence electrons. The molecule has 0 heterocycles. The van der Waals surface area contributed by atoms with Gasteiger partial charge in [-0.1, -0.05) is 0 Å². The lowest BCUT2D eigenvalue weighted by Gasteiger charge is -2.13. The van der Waals surface area contributed by atoms with E-state index in [1.165, 1.54) is 41.9 Å². The highest BCUT2D eigenvalue weighted by atomic mass is 16.6. The van der Waals surface area contributed by atoms with Gasteiger partial charge in [-0.25, -0.2) is 9.59 Å². The Bertz CT molecular complexity index is 392. The molecule has 4 atom stereocenters. The fourth-order valence-electron chi connectivity index (χ4n) is 0.899. The quantitative estimate of drug-likeness (QED) is 0.600. The fraction of sp³-hybridized carbons (Fsp3) is 0.750. The van der Waals surface area contributed by atoms with Crippen molar-refractivity contribution < 1.29 is 38.1 Å². The summed E-state index contributed by atoms with van der Waals surface area (Å²) in [7, 11) is 2.81. The summed E-state index contributed by atoms with van der Waals surface area (Å²) in [6.07, 6.45) is -2.61. The van der Waals surface area contributed by atoms with Gasteiger partial charge in [0.1, 0.15) is 0 Å². The van der Waals surface area contributed by atoms with Gasteiger partial charge in [0.2, 0.25) is 0 Å². The molecule has 0 aromatic rings. The third-order valence-electron chi connectivity index (χ3n) is 3.10. The van der Waals surface area contributed by atoms with Crippen LogP contribution in [0.3, 0.4) is 0 Å². The molecule has 0 rings (SSSR count). The molecule has 0 spiro atoms. The maximum atomic E-state index is 11.0. The summed E-state index contributed by atoms with van der Waals surface area (Å²) in [6.45, 7) is 8.93. The molecule has 0 aromatic heterocycles. The lowest BCUT2D eigenvalue weighted by atomic mass is 10.3. The number of rotatable bonds is 8. The van der Waals surface area contributed by atoms with Gasteiger partial charge < -0.3 is 18.9 Å². The van der Waals surface area contributed by atoms with Crippen LogP contribution in [0.4, 0.5) is 0 Å². The maximum Gasteiger partial charge on any atom is 0.335 e. The molecule has 8 nitrogen and oxygen atoms in total. The first kappa shape index (κ1) is 24.5. The van der Waals surface area contributed by atoms with Gasteiger partial charge in [0, 0.05) is 14.2 Å². The van der Waals surface area contributed by atoms with E-state index in [9.17, 15) is 19.2 Å². The van der Waals surface area contributed by atoms with Crippen LogP contribution in [-0.4, -0.2) is 62.1 Å². The monoisotopic (exact) mass is 348 g/mol. The molecule has 8 heteroatoms. The first-order valence-electron chi connectivity index (χ1n) is 7.45.